The summed E-state index contributed by atoms with van der Waals surface area (Å²) >= 11 is 7.70. The Bertz CT molecular complexity index is 1120. The zero-order valence-electron chi connectivity index (χ0n) is 15.8. The van der Waals surface area contributed by atoms with Crippen LogP contribution >= 0.6 is 23.4 Å². The van der Waals surface area contributed by atoms with Crippen molar-refractivity contribution in [3.63, 3.8) is 0 Å². The zero-order valence-corrected chi connectivity index (χ0v) is 17.4. The molecule has 1 aliphatic heterocycles. The fourth-order valence-electron chi connectivity index (χ4n) is 3.74. The fourth-order valence-corrected chi connectivity index (χ4v) is 4.77. The molecule has 0 radical (unpaired) electrons. The van der Waals surface area contributed by atoms with Gasteiger partial charge >= 0.3 is 0 Å². The first-order chi connectivity index (χ1) is 14.3. The van der Waals surface area contributed by atoms with Crippen molar-refractivity contribution >= 4 is 34.3 Å². The Hall–Kier alpha value is -2.28. The minimum Gasteiger partial charge on any atom is -0.376 e. The Labute approximate surface area is 178 Å². The maximum atomic E-state index is 6.01. The zero-order chi connectivity index (χ0) is 19.6. The molecule has 3 heterocycles. The van der Waals surface area contributed by atoms with Crippen molar-refractivity contribution in [3.05, 3.63) is 65.3 Å². The molecular formula is C22H21ClN4OS. The van der Waals surface area contributed by atoms with Gasteiger partial charge in [-0.25, -0.2) is 0 Å². The van der Waals surface area contributed by atoms with E-state index in [9.17, 15) is 0 Å². The summed E-state index contributed by atoms with van der Waals surface area (Å²) < 4.78 is 8.12. The lowest BCUT2D eigenvalue weighted by molar-refractivity contribution is 0.0953. The molecule has 0 aliphatic carbocycles. The van der Waals surface area contributed by atoms with E-state index in [0.29, 0.717) is 0 Å². The van der Waals surface area contributed by atoms with E-state index in [4.69, 9.17) is 16.3 Å². The average Bonchev–Trinajstić information content (AvgIpc) is 3.48. The molecule has 0 saturated carbocycles. The molecule has 0 bridgehead atoms. The summed E-state index contributed by atoms with van der Waals surface area (Å²) in [5.41, 5.74) is 3.38. The van der Waals surface area contributed by atoms with Crippen molar-refractivity contribution < 1.29 is 4.74 Å². The number of H-pyrrole nitrogens is 1. The first-order valence-electron chi connectivity index (χ1n) is 9.76. The largest absolute Gasteiger partial charge is 0.376 e. The van der Waals surface area contributed by atoms with Gasteiger partial charge in [-0.3, -0.25) is 4.57 Å². The molecule has 29 heavy (non-hydrogen) atoms. The van der Waals surface area contributed by atoms with Gasteiger partial charge in [0.2, 0.25) is 0 Å². The van der Waals surface area contributed by atoms with Gasteiger partial charge in [-0.15, -0.1) is 10.2 Å². The molecule has 7 heteroatoms. The van der Waals surface area contributed by atoms with Crippen LogP contribution in [0.2, 0.25) is 5.02 Å². The molecule has 1 saturated heterocycles. The monoisotopic (exact) mass is 424 g/mol. The first-order valence-corrected chi connectivity index (χ1v) is 11.1. The van der Waals surface area contributed by atoms with Crippen molar-refractivity contribution in [1.29, 1.82) is 0 Å². The molecule has 1 unspecified atom stereocenters. The average molecular weight is 425 g/mol. The molecule has 148 valence electrons. The van der Waals surface area contributed by atoms with Gasteiger partial charge in [-0.2, -0.15) is 0 Å². The van der Waals surface area contributed by atoms with Gasteiger partial charge < -0.3 is 9.72 Å². The number of hydrogen-bond acceptors (Lipinski definition) is 4. The molecule has 1 aliphatic rings. The van der Waals surface area contributed by atoms with E-state index in [-0.39, 0.29) is 6.10 Å². The van der Waals surface area contributed by atoms with Crippen molar-refractivity contribution in [2.75, 3.05) is 6.61 Å². The number of aromatic nitrogens is 4. The molecule has 5 nitrogen and oxygen atoms in total. The van der Waals surface area contributed by atoms with E-state index in [1.54, 1.807) is 11.8 Å². The Morgan fingerprint density at radius 1 is 1.14 bits per heavy atom. The van der Waals surface area contributed by atoms with Crippen LogP contribution in [0.25, 0.3) is 22.3 Å². The summed E-state index contributed by atoms with van der Waals surface area (Å²) in [7, 11) is 0. The number of halogens is 1. The van der Waals surface area contributed by atoms with E-state index in [2.05, 4.69) is 50.1 Å². The molecular weight excluding hydrogens is 404 g/mol. The van der Waals surface area contributed by atoms with E-state index in [1.807, 2.05) is 24.4 Å². The first kappa shape index (κ1) is 18.7. The van der Waals surface area contributed by atoms with Crippen LogP contribution in [0, 0.1) is 0 Å². The predicted octanol–water partition coefficient (Wildman–Crippen LogP) is 5.55. The maximum absolute atomic E-state index is 6.01. The van der Waals surface area contributed by atoms with E-state index in [1.165, 1.54) is 5.56 Å². The minimum atomic E-state index is 0.213. The molecule has 2 aromatic heterocycles. The number of nitrogens with zero attached hydrogens (tertiary/aromatic N) is 3. The lowest BCUT2D eigenvalue weighted by atomic mass is 10.1. The standard InChI is InChI=1S/C22H21ClN4OS/c23-16-9-7-15(8-10-16)14-29-22-26-25-21(27(22)13-17-4-3-11-28-17)19-12-24-20-6-2-1-5-18(19)20/h1-2,5-10,12,17,24H,3-4,11,13-14H2. The number of benzene rings is 2. The van der Waals surface area contributed by atoms with E-state index >= 15 is 0 Å². The second-order valence-corrected chi connectivity index (χ2v) is 8.59. The highest BCUT2D eigenvalue weighted by Gasteiger charge is 2.23. The van der Waals surface area contributed by atoms with Crippen LogP contribution in [0.5, 0.6) is 0 Å². The maximum Gasteiger partial charge on any atom is 0.191 e. The summed E-state index contributed by atoms with van der Waals surface area (Å²) in [4.78, 5) is 3.35. The second kappa shape index (κ2) is 8.22. The van der Waals surface area contributed by atoms with Crippen molar-refractivity contribution in [2.45, 2.75) is 36.4 Å². The smallest absolute Gasteiger partial charge is 0.191 e. The number of rotatable bonds is 6. The SMILES string of the molecule is Clc1ccc(CSc2nnc(-c3c[nH]c4ccccc34)n2CC2CCCO2)cc1. The van der Waals surface area contributed by atoms with Gasteiger partial charge in [0.15, 0.2) is 11.0 Å². The number of fused-ring (bicyclic) bond motifs is 1. The molecule has 1 atom stereocenters. The van der Waals surface area contributed by atoms with Crippen LogP contribution in [-0.4, -0.2) is 32.5 Å². The van der Waals surface area contributed by atoms with Crippen molar-refractivity contribution in [3.8, 4) is 11.4 Å². The quantitative estimate of drug-likeness (QED) is 0.412. The Kier molecular flexibility index (Phi) is 5.31. The van der Waals surface area contributed by atoms with Crippen molar-refractivity contribution in [2.24, 2.45) is 0 Å². The molecule has 1 N–H and O–H groups in total. The third-order valence-electron chi connectivity index (χ3n) is 5.24. The summed E-state index contributed by atoms with van der Waals surface area (Å²) in [6, 6.07) is 16.2. The van der Waals surface area contributed by atoms with Crippen LogP contribution in [-0.2, 0) is 17.0 Å². The molecule has 4 aromatic rings. The van der Waals surface area contributed by atoms with Crippen LogP contribution in [0.15, 0.2) is 59.9 Å². The third-order valence-corrected chi connectivity index (χ3v) is 6.53. The van der Waals surface area contributed by atoms with Gasteiger partial charge in [0.05, 0.1) is 12.6 Å². The summed E-state index contributed by atoms with van der Waals surface area (Å²) in [6.45, 7) is 1.60. The number of nitrogens with one attached hydrogen (secondary N) is 1. The van der Waals surface area contributed by atoms with Crippen LogP contribution in [0.1, 0.15) is 18.4 Å². The molecule has 1 fully saturated rings. The van der Waals surface area contributed by atoms with E-state index < -0.39 is 0 Å². The predicted molar refractivity (Wildman–Crippen MR) is 117 cm³/mol. The highest BCUT2D eigenvalue weighted by molar-refractivity contribution is 7.98. The number of aromatic amines is 1. The van der Waals surface area contributed by atoms with Crippen molar-refractivity contribution in [1.82, 2.24) is 19.7 Å². The Morgan fingerprint density at radius 2 is 2.00 bits per heavy atom. The lowest BCUT2D eigenvalue weighted by Crippen LogP contribution is -2.16. The summed E-state index contributed by atoms with van der Waals surface area (Å²) in [5.74, 6) is 1.70. The van der Waals surface area contributed by atoms with Gasteiger partial charge in [0, 0.05) is 40.0 Å². The second-order valence-electron chi connectivity index (χ2n) is 7.21. The van der Waals surface area contributed by atoms with Gasteiger partial charge in [0.25, 0.3) is 0 Å². The summed E-state index contributed by atoms with van der Waals surface area (Å²) in [5, 5.41) is 11.9. The number of hydrogen-bond donors (Lipinski definition) is 1. The number of thioether (sulfide) groups is 1. The molecule has 2 aromatic carbocycles. The lowest BCUT2D eigenvalue weighted by Gasteiger charge is -2.14. The van der Waals surface area contributed by atoms with Gasteiger partial charge in [0.1, 0.15) is 0 Å². The third kappa shape index (κ3) is 3.92. The Morgan fingerprint density at radius 3 is 2.83 bits per heavy atom. The van der Waals surface area contributed by atoms with E-state index in [0.717, 1.165) is 64.2 Å². The highest BCUT2D eigenvalue weighted by atomic mass is 35.5. The summed E-state index contributed by atoms with van der Waals surface area (Å²) in [6.07, 6.45) is 4.42. The van der Waals surface area contributed by atoms with Crippen LogP contribution in [0.4, 0.5) is 0 Å². The molecule has 5 rings (SSSR count). The number of para-hydroxylation sites is 1. The highest BCUT2D eigenvalue weighted by Crippen LogP contribution is 2.32. The van der Waals surface area contributed by atoms with Crippen LogP contribution < -0.4 is 0 Å². The van der Waals surface area contributed by atoms with Gasteiger partial charge in [-0.05, 0) is 36.6 Å². The van der Waals surface area contributed by atoms with Crippen LogP contribution in [0.3, 0.4) is 0 Å². The fraction of sp³-hybridized carbons (Fsp3) is 0.273. The molecule has 0 amide bonds. The topological polar surface area (TPSA) is 55.7 Å². The minimum absolute atomic E-state index is 0.213. The molecule has 0 spiro atoms. The normalized spacial score (nSPS) is 16.7. The van der Waals surface area contributed by atoms with Gasteiger partial charge in [-0.1, -0.05) is 53.7 Å². The Balaban J connectivity index is 1.48. The number of ether oxygens (including phenoxy) is 1.